The Labute approximate surface area is 117 Å². The molecule has 102 valence electrons. The van der Waals surface area contributed by atoms with Crippen molar-refractivity contribution in [3.63, 3.8) is 0 Å². The number of hydrogen-bond acceptors (Lipinski definition) is 5. The summed E-state index contributed by atoms with van der Waals surface area (Å²) in [6.45, 7) is 1.47. The van der Waals surface area contributed by atoms with Gasteiger partial charge in [-0.3, -0.25) is 24.5 Å². The zero-order chi connectivity index (χ0) is 14.1. The van der Waals surface area contributed by atoms with Crippen LogP contribution in [0.3, 0.4) is 0 Å². The Morgan fingerprint density at radius 3 is 2.75 bits per heavy atom. The predicted molar refractivity (Wildman–Crippen MR) is 75.5 cm³/mol. The first kappa shape index (κ1) is 12.7. The van der Waals surface area contributed by atoms with Crippen LogP contribution in [0.1, 0.15) is 12.0 Å². The van der Waals surface area contributed by atoms with Gasteiger partial charge in [-0.15, -0.1) is 0 Å². The van der Waals surface area contributed by atoms with Crippen molar-refractivity contribution in [1.29, 1.82) is 0 Å². The van der Waals surface area contributed by atoms with Crippen molar-refractivity contribution in [2.45, 2.75) is 13.0 Å². The van der Waals surface area contributed by atoms with E-state index in [1.807, 2.05) is 0 Å². The van der Waals surface area contributed by atoms with E-state index in [0.29, 0.717) is 11.1 Å². The predicted octanol–water partition coefficient (Wildman–Crippen LogP) is 0.670. The van der Waals surface area contributed by atoms with Gasteiger partial charge in [0.2, 0.25) is 0 Å². The minimum absolute atomic E-state index is 0.0354. The number of thiazole rings is 1. The number of hydrogen-bond donors (Lipinski definition) is 0. The fourth-order valence-corrected chi connectivity index (χ4v) is 3.10. The lowest BCUT2D eigenvalue weighted by Crippen LogP contribution is -2.33. The van der Waals surface area contributed by atoms with E-state index in [4.69, 9.17) is 0 Å². The van der Waals surface area contributed by atoms with Gasteiger partial charge in [-0.25, -0.2) is 0 Å². The first-order chi connectivity index (χ1) is 9.65. The first-order valence-corrected chi connectivity index (χ1v) is 6.97. The molecule has 0 N–H and O–H groups in total. The highest BCUT2D eigenvalue weighted by atomic mass is 32.1. The second-order valence-corrected chi connectivity index (χ2v) is 5.44. The average Bonchev–Trinajstić information content (AvgIpc) is 2.77. The van der Waals surface area contributed by atoms with Gasteiger partial charge in [-0.2, -0.15) is 0 Å². The van der Waals surface area contributed by atoms with E-state index < -0.39 is 4.92 Å². The number of benzene rings is 1. The van der Waals surface area contributed by atoms with E-state index in [0.717, 1.165) is 23.3 Å². The normalized spacial score (nSPS) is 14.7. The molecule has 0 aliphatic carbocycles. The van der Waals surface area contributed by atoms with Crippen LogP contribution in [-0.4, -0.2) is 16.0 Å². The Morgan fingerprint density at radius 2 is 2.10 bits per heavy atom. The van der Waals surface area contributed by atoms with E-state index in [1.165, 1.54) is 23.5 Å². The minimum atomic E-state index is -0.443. The first-order valence-electron chi connectivity index (χ1n) is 6.15. The molecular weight excluding hydrogens is 278 g/mol. The second kappa shape index (κ2) is 5.01. The van der Waals surface area contributed by atoms with Crippen molar-refractivity contribution in [2.75, 3.05) is 6.54 Å². The number of rotatable bonds is 2. The van der Waals surface area contributed by atoms with Crippen molar-refractivity contribution in [2.24, 2.45) is 4.99 Å². The third kappa shape index (κ3) is 2.27. The van der Waals surface area contributed by atoms with E-state index in [2.05, 4.69) is 4.99 Å². The highest BCUT2D eigenvalue weighted by Gasteiger charge is 2.09. The van der Waals surface area contributed by atoms with Crippen LogP contribution in [0.15, 0.2) is 34.1 Å². The zero-order valence-corrected chi connectivity index (χ0v) is 11.3. The molecular formula is C13H11N3O3S. The molecule has 1 aliphatic rings. The maximum Gasteiger partial charge on any atom is 0.270 e. The Morgan fingerprint density at radius 1 is 1.35 bits per heavy atom. The molecule has 0 bridgehead atoms. The summed E-state index contributed by atoms with van der Waals surface area (Å²) in [7, 11) is 0. The second-order valence-electron chi connectivity index (χ2n) is 4.43. The molecule has 3 rings (SSSR count). The van der Waals surface area contributed by atoms with Crippen LogP contribution in [0, 0.1) is 10.1 Å². The lowest BCUT2D eigenvalue weighted by atomic mass is 10.2. The quantitative estimate of drug-likeness (QED) is 0.602. The molecule has 1 aliphatic heterocycles. The number of aromatic nitrogens is 1. The number of nitrogens with zero attached hydrogens (tertiary/aromatic N) is 3. The van der Waals surface area contributed by atoms with Crippen LogP contribution in [0.2, 0.25) is 0 Å². The number of nitro groups is 1. The maximum atomic E-state index is 12.2. The monoisotopic (exact) mass is 289 g/mol. The number of fused-ring (bicyclic) bond motifs is 1. The fraction of sp³-hybridized carbons (Fsp3) is 0.231. The van der Waals surface area contributed by atoms with E-state index >= 15 is 0 Å². The lowest BCUT2D eigenvalue weighted by Gasteiger charge is -2.03. The van der Waals surface area contributed by atoms with E-state index in [9.17, 15) is 14.9 Å². The van der Waals surface area contributed by atoms with Crippen molar-refractivity contribution < 1.29 is 4.92 Å². The molecule has 0 atom stereocenters. The summed E-state index contributed by atoms with van der Waals surface area (Å²) in [4.78, 5) is 27.4. The molecule has 7 heteroatoms. The molecule has 0 spiro atoms. The minimum Gasteiger partial charge on any atom is -0.284 e. The topological polar surface area (TPSA) is 77.5 Å². The molecule has 0 fully saturated rings. The molecule has 0 radical (unpaired) electrons. The van der Waals surface area contributed by atoms with Crippen LogP contribution in [-0.2, 0) is 6.54 Å². The van der Waals surface area contributed by atoms with Crippen LogP contribution in [0.25, 0.3) is 6.08 Å². The Bertz CT molecular complexity index is 833. The van der Waals surface area contributed by atoms with E-state index in [1.54, 1.807) is 22.8 Å². The fourth-order valence-electron chi connectivity index (χ4n) is 2.07. The highest BCUT2D eigenvalue weighted by molar-refractivity contribution is 7.07. The summed E-state index contributed by atoms with van der Waals surface area (Å²) < 4.78 is 2.30. The highest BCUT2D eigenvalue weighted by Crippen LogP contribution is 2.12. The molecule has 1 aromatic heterocycles. The lowest BCUT2D eigenvalue weighted by molar-refractivity contribution is -0.384. The van der Waals surface area contributed by atoms with Crippen LogP contribution < -0.4 is 14.9 Å². The Hall–Kier alpha value is -2.28. The summed E-state index contributed by atoms with van der Waals surface area (Å²) in [5.41, 5.74) is 0.776. The van der Waals surface area contributed by atoms with Gasteiger partial charge in [0.05, 0.1) is 9.46 Å². The smallest absolute Gasteiger partial charge is 0.270 e. The van der Waals surface area contributed by atoms with Crippen LogP contribution in [0.4, 0.5) is 5.69 Å². The van der Waals surface area contributed by atoms with Crippen molar-refractivity contribution in [1.82, 2.24) is 4.57 Å². The van der Waals surface area contributed by atoms with Gasteiger partial charge in [-0.1, -0.05) is 11.3 Å². The van der Waals surface area contributed by atoms with Crippen LogP contribution in [0.5, 0.6) is 0 Å². The number of non-ortho nitro benzene ring substituents is 1. The Kier molecular flexibility index (Phi) is 3.19. The van der Waals surface area contributed by atoms with Gasteiger partial charge in [-0.05, 0) is 30.2 Å². The summed E-state index contributed by atoms with van der Waals surface area (Å²) in [6, 6.07) is 6.14. The summed E-state index contributed by atoms with van der Waals surface area (Å²) >= 11 is 1.36. The molecule has 0 saturated carbocycles. The van der Waals surface area contributed by atoms with Crippen molar-refractivity contribution in [3.05, 3.63) is 59.6 Å². The molecule has 0 saturated heterocycles. The molecule has 2 aromatic rings. The summed E-state index contributed by atoms with van der Waals surface area (Å²) in [5, 5.41) is 10.6. The Balaban J connectivity index is 2.07. The van der Waals surface area contributed by atoms with Gasteiger partial charge < -0.3 is 0 Å². The molecule has 20 heavy (non-hydrogen) atoms. The standard InChI is InChI=1S/C13H11N3O3S/c17-12-11(20-13-14-6-1-7-15(12)13)8-9-2-4-10(5-3-9)16(18)19/h2-5,8H,1,6-7H2/b11-8-. The molecule has 0 amide bonds. The average molecular weight is 289 g/mol. The molecule has 0 unspecified atom stereocenters. The van der Waals surface area contributed by atoms with Gasteiger partial charge in [0, 0.05) is 25.2 Å². The van der Waals surface area contributed by atoms with Gasteiger partial charge in [0.25, 0.3) is 11.2 Å². The number of nitro benzene ring substituents is 1. The molecule has 2 heterocycles. The maximum absolute atomic E-state index is 12.2. The SMILES string of the molecule is O=c1/c(=C/c2ccc([N+](=O)[O-])cc2)sc2n1CCCN=2. The third-order valence-corrected chi connectivity index (χ3v) is 4.12. The van der Waals surface area contributed by atoms with Crippen LogP contribution >= 0.6 is 11.3 Å². The summed E-state index contributed by atoms with van der Waals surface area (Å²) in [5.74, 6) is 0. The van der Waals surface area contributed by atoms with Gasteiger partial charge >= 0.3 is 0 Å². The van der Waals surface area contributed by atoms with Gasteiger partial charge in [0.15, 0.2) is 4.80 Å². The third-order valence-electron chi connectivity index (χ3n) is 3.08. The summed E-state index contributed by atoms with van der Waals surface area (Å²) in [6.07, 6.45) is 2.64. The molecule has 1 aromatic carbocycles. The van der Waals surface area contributed by atoms with Crippen molar-refractivity contribution in [3.8, 4) is 0 Å². The van der Waals surface area contributed by atoms with E-state index in [-0.39, 0.29) is 11.2 Å². The molecule has 6 nitrogen and oxygen atoms in total. The largest absolute Gasteiger partial charge is 0.284 e. The zero-order valence-electron chi connectivity index (χ0n) is 10.5. The van der Waals surface area contributed by atoms with Gasteiger partial charge in [0.1, 0.15) is 0 Å². The van der Waals surface area contributed by atoms with Crippen molar-refractivity contribution >= 4 is 23.1 Å².